The van der Waals surface area contributed by atoms with Crippen LogP contribution in [-0.4, -0.2) is 20.1 Å². The molecule has 0 saturated carbocycles. The van der Waals surface area contributed by atoms with Crippen molar-refractivity contribution in [2.75, 3.05) is 0 Å². The number of nitrogens with zero attached hydrogens (tertiary/aromatic N) is 3. The van der Waals surface area contributed by atoms with Gasteiger partial charge < -0.3 is 5.11 Å². The zero-order valence-electron chi connectivity index (χ0n) is 16.7. The molecule has 138 valence electrons. The van der Waals surface area contributed by atoms with Gasteiger partial charge in [-0.1, -0.05) is 71.0 Å². The van der Waals surface area contributed by atoms with E-state index in [4.69, 9.17) is 0 Å². The maximum Gasteiger partial charge on any atom is 0.122 e. The molecular weight excluding hydrogens is 322 g/mol. The first kappa shape index (κ1) is 18.4. The maximum absolute atomic E-state index is 10.9. The summed E-state index contributed by atoms with van der Waals surface area (Å²) in [5, 5.41) is 19.4. The van der Waals surface area contributed by atoms with E-state index < -0.39 is 0 Å². The van der Waals surface area contributed by atoms with Gasteiger partial charge in [-0.15, -0.1) is 5.10 Å². The summed E-state index contributed by atoms with van der Waals surface area (Å²) >= 11 is 0. The van der Waals surface area contributed by atoms with Crippen molar-refractivity contribution in [3.63, 3.8) is 0 Å². The first-order valence-electron chi connectivity index (χ1n) is 9.22. The Balaban J connectivity index is 1.98. The first-order valence-corrected chi connectivity index (χ1v) is 9.22. The molecular formula is C22H29N3O. The van der Waals surface area contributed by atoms with Crippen LogP contribution in [0, 0.1) is 0 Å². The first-order chi connectivity index (χ1) is 12.1. The molecule has 0 fully saturated rings. The van der Waals surface area contributed by atoms with Crippen molar-refractivity contribution in [3.8, 4) is 5.75 Å². The van der Waals surface area contributed by atoms with Crippen LogP contribution in [0.2, 0.25) is 0 Å². The fourth-order valence-electron chi connectivity index (χ4n) is 3.20. The third-order valence-corrected chi connectivity index (χ3v) is 4.88. The van der Waals surface area contributed by atoms with Crippen molar-refractivity contribution in [1.82, 2.24) is 15.0 Å². The molecule has 1 N–H and O–H groups in total. The lowest BCUT2D eigenvalue weighted by Gasteiger charge is -2.27. The summed E-state index contributed by atoms with van der Waals surface area (Å²) in [5.74, 6) is 0.412. The zero-order valence-corrected chi connectivity index (χ0v) is 16.7. The lowest BCUT2D eigenvalue weighted by Crippen LogP contribution is -2.18. The second-order valence-electron chi connectivity index (χ2n) is 9.08. The number of rotatable bonds is 3. The van der Waals surface area contributed by atoms with Crippen LogP contribution >= 0.6 is 0 Å². The topological polar surface area (TPSA) is 50.9 Å². The Kier molecular flexibility index (Phi) is 4.55. The fraction of sp³-hybridized carbons (Fsp3) is 0.455. The van der Waals surface area contributed by atoms with E-state index in [9.17, 15) is 5.11 Å². The molecule has 4 nitrogen and oxygen atoms in total. The van der Waals surface area contributed by atoms with E-state index in [1.54, 1.807) is 0 Å². The van der Waals surface area contributed by atoms with Crippen LogP contribution in [0.5, 0.6) is 5.75 Å². The zero-order chi connectivity index (χ0) is 19.1. The quantitative estimate of drug-likeness (QED) is 0.724. The third-order valence-electron chi connectivity index (χ3n) is 4.88. The standard InChI is InChI=1S/C22H29N3O/c1-21(2,3)16-13-15(20(26)17(14-16)22(4,5)6)11-12-25-19-10-8-7-9-18(19)23-24-25/h7-10,13-14,26H,11-12H2,1-6H3. The number of aromatic hydroxyl groups is 1. The van der Waals surface area contributed by atoms with E-state index in [1.165, 1.54) is 5.56 Å². The highest BCUT2D eigenvalue weighted by molar-refractivity contribution is 5.73. The number of phenols is 1. The lowest BCUT2D eigenvalue weighted by atomic mass is 9.78. The third kappa shape index (κ3) is 3.59. The van der Waals surface area contributed by atoms with E-state index in [-0.39, 0.29) is 10.8 Å². The molecule has 0 amide bonds. The van der Waals surface area contributed by atoms with E-state index in [0.29, 0.717) is 18.7 Å². The second kappa shape index (κ2) is 6.42. The van der Waals surface area contributed by atoms with E-state index >= 15 is 0 Å². The van der Waals surface area contributed by atoms with Crippen LogP contribution in [-0.2, 0) is 23.8 Å². The summed E-state index contributed by atoms with van der Waals surface area (Å²) in [4.78, 5) is 0. The summed E-state index contributed by atoms with van der Waals surface area (Å²) in [7, 11) is 0. The van der Waals surface area contributed by atoms with E-state index in [2.05, 4.69) is 64.0 Å². The molecule has 26 heavy (non-hydrogen) atoms. The summed E-state index contributed by atoms with van der Waals surface area (Å²) in [6.07, 6.45) is 0.714. The molecule has 1 aromatic heterocycles. The molecule has 0 spiro atoms. The van der Waals surface area contributed by atoms with E-state index in [1.807, 2.05) is 28.9 Å². The predicted molar refractivity (Wildman–Crippen MR) is 107 cm³/mol. The second-order valence-corrected chi connectivity index (χ2v) is 9.08. The number of para-hydroxylation sites is 1. The van der Waals surface area contributed by atoms with Crippen LogP contribution in [0.3, 0.4) is 0 Å². The summed E-state index contributed by atoms with van der Waals surface area (Å²) < 4.78 is 1.91. The average Bonchev–Trinajstić information content (AvgIpc) is 2.95. The van der Waals surface area contributed by atoms with Crippen molar-refractivity contribution in [2.45, 2.75) is 65.3 Å². The molecule has 0 bridgehead atoms. The largest absolute Gasteiger partial charge is 0.507 e. The molecule has 0 saturated heterocycles. The number of phenolic OH excluding ortho intramolecular Hbond substituents is 1. The normalized spacial score (nSPS) is 12.7. The van der Waals surface area contributed by atoms with Crippen LogP contribution in [0.25, 0.3) is 11.0 Å². The predicted octanol–water partition coefficient (Wildman–Crippen LogP) is 4.97. The maximum atomic E-state index is 10.9. The molecule has 0 unspecified atom stereocenters. The average molecular weight is 351 g/mol. The number of fused-ring (bicyclic) bond motifs is 1. The highest BCUT2D eigenvalue weighted by Crippen LogP contribution is 2.38. The van der Waals surface area contributed by atoms with Gasteiger partial charge >= 0.3 is 0 Å². The Labute approximate surface area is 155 Å². The Morgan fingerprint density at radius 3 is 2.31 bits per heavy atom. The summed E-state index contributed by atoms with van der Waals surface area (Å²) in [6.45, 7) is 13.7. The fourth-order valence-corrected chi connectivity index (χ4v) is 3.20. The van der Waals surface area contributed by atoms with Gasteiger partial charge in [0.05, 0.1) is 5.52 Å². The highest BCUT2D eigenvalue weighted by atomic mass is 16.3. The SMILES string of the molecule is CC(C)(C)c1cc(CCn2nnc3ccccc32)c(O)c(C(C)(C)C)c1. The van der Waals surface area contributed by atoms with Crippen molar-refractivity contribution in [2.24, 2.45) is 0 Å². The molecule has 0 aliphatic heterocycles. The summed E-state index contributed by atoms with van der Waals surface area (Å²) in [5.41, 5.74) is 5.07. The minimum atomic E-state index is -0.111. The molecule has 0 radical (unpaired) electrons. The van der Waals surface area contributed by atoms with Crippen LogP contribution < -0.4 is 0 Å². The number of aryl methyl sites for hydroxylation is 2. The molecule has 3 aromatic rings. The Morgan fingerprint density at radius 2 is 1.65 bits per heavy atom. The van der Waals surface area contributed by atoms with Gasteiger partial charge in [0.2, 0.25) is 0 Å². The molecule has 0 aliphatic carbocycles. The highest BCUT2D eigenvalue weighted by Gasteiger charge is 2.24. The van der Waals surface area contributed by atoms with E-state index in [0.717, 1.165) is 22.2 Å². The lowest BCUT2D eigenvalue weighted by molar-refractivity contribution is 0.435. The van der Waals surface area contributed by atoms with Crippen molar-refractivity contribution < 1.29 is 5.11 Å². The molecule has 3 rings (SSSR count). The van der Waals surface area contributed by atoms with Crippen LogP contribution in [0.1, 0.15) is 58.2 Å². The number of aromatic nitrogens is 3. The van der Waals surface area contributed by atoms with Gasteiger partial charge in [-0.2, -0.15) is 0 Å². The Morgan fingerprint density at radius 1 is 0.962 bits per heavy atom. The van der Waals surface area contributed by atoms with Gasteiger partial charge in [0.25, 0.3) is 0 Å². The molecule has 2 aromatic carbocycles. The summed E-state index contributed by atoms with van der Waals surface area (Å²) in [6, 6.07) is 12.3. The van der Waals surface area contributed by atoms with Gasteiger partial charge in [-0.3, -0.25) is 0 Å². The molecule has 4 heteroatoms. The van der Waals surface area contributed by atoms with Gasteiger partial charge in [0.1, 0.15) is 11.3 Å². The Hall–Kier alpha value is -2.36. The molecule has 0 aliphatic rings. The van der Waals surface area contributed by atoms with Crippen LogP contribution in [0.15, 0.2) is 36.4 Å². The van der Waals surface area contributed by atoms with Gasteiger partial charge in [0, 0.05) is 6.54 Å². The minimum Gasteiger partial charge on any atom is -0.507 e. The van der Waals surface area contributed by atoms with Gasteiger partial charge in [0.15, 0.2) is 0 Å². The van der Waals surface area contributed by atoms with Crippen molar-refractivity contribution >= 4 is 11.0 Å². The van der Waals surface area contributed by atoms with Gasteiger partial charge in [-0.25, -0.2) is 4.68 Å². The van der Waals surface area contributed by atoms with Crippen molar-refractivity contribution in [1.29, 1.82) is 0 Å². The van der Waals surface area contributed by atoms with Crippen LogP contribution in [0.4, 0.5) is 0 Å². The monoisotopic (exact) mass is 351 g/mol. The number of hydrogen-bond acceptors (Lipinski definition) is 3. The number of hydrogen-bond donors (Lipinski definition) is 1. The van der Waals surface area contributed by atoms with Crippen molar-refractivity contribution in [3.05, 3.63) is 53.1 Å². The smallest absolute Gasteiger partial charge is 0.122 e. The minimum absolute atomic E-state index is 0.0302. The molecule has 1 heterocycles. The van der Waals surface area contributed by atoms with Gasteiger partial charge in [-0.05, 0) is 46.1 Å². The number of benzene rings is 2. The molecule has 0 atom stereocenters. The Bertz CT molecular complexity index is 927.